The molecule has 4 rings (SSSR count). The summed E-state index contributed by atoms with van der Waals surface area (Å²) in [6.07, 6.45) is 4.10. The fourth-order valence-corrected chi connectivity index (χ4v) is 4.55. The van der Waals surface area contributed by atoms with Gasteiger partial charge in [-0.1, -0.05) is 19.1 Å². The van der Waals surface area contributed by atoms with Crippen molar-refractivity contribution < 1.29 is 14.3 Å². The van der Waals surface area contributed by atoms with Gasteiger partial charge in [0, 0.05) is 49.7 Å². The monoisotopic (exact) mass is 464 g/mol. The van der Waals surface area contributed by atoms with Crippen LogP contribution in [0.5, 0.6) is 0 Å². The van der Waals surface area contributed by atoms with Crippen LogP contribution in [0.4, 0.5) is 11.4 Å². The van der Waals surface area contributed by atoms with Gasteiger partial charge >= 0.3 is 0 Å². The maximum atomic E-state index is 13.2. The van der Waals surface area contributed by atoms with Crippen LogP contribution in [0, 0.1) is 0 Å². The summed E-state index contributed by atoms with van der Waals surface area (Å²) in [5, 5.41) is 6.05. The molecule has 0 spiro atoms. The fourth-order valence-electron chi connectivity index (χ4n) is 4.55. The summed E-state index contributed by atoms with van der Waals surface area (Å²) in [5.74, 6) is -0.263. The van der Waals surface area contributed by atoms with E-state index >= 15 is 0 Å². The molecule has 0 aromatic heterocycles. The number of rotatable bonds is 9. The van der Waals surface area contributed by atoms with Crippen molar-refractivity contribution in [1.29, 1.82) is 0 Å². The zero-order valence-corrected chi connectivity index (χ0v) is 20.1. The van der Waals surface area contributed by atoms with Crippen LogP contribution in [0.1, 0.15) is 52.5 Å². The molecule has 2 aliphatic rings. The second kappa shape index (κ2) is 12.0. The summed E-state index contributed by atoms with van der Waals surface area (Å²) in [4.78, 5) is 30.6. The van der Waals surface area contributed by atoms with Crippen LogP contribution in [-0.4, -0.2) is 69.2 Å². The molecule has 34 heavy (non-hydrogen) atoms. The summed E-state index contributed by atoms with van der Waals surface area (Å²) < 4.78 is 5.40. The number of morpholine rings is 1. The van der Waals surface area contributed by atoms with Crippen LogP contribution < -0.4 is 15.5 Å². The molecular weight excluding hydrogens is 428 g/mol. The number of hydrogen-bond acceptors (Lipinski definition) is 5. The first-order valence-corrected chi connectivity index (χ1v) is 12.5. The number of amides is 2. The third-order valence-electron chi connectivity index (χ3n) is 6.61. The Labute approximate surface area is 202 Å². The summed E-state index contributed by atoms with van der Waals surface area (Å²) in [6, 6.07) is 13.3. The topological polar surface area (TPSA) is 73.9 Å². The van der Waals surface area contributed by atoms with Gasteiger partial charge in [0.1, 0.15) is 0 Å². The summed E-state index contributed by atoms with van der Waals surface area (Å²) in [7, 11) is 0. The van der Waals surface area contributed by atoms with E-state index in [2.05, 4.69) is 27.4 Å². The lowest BCUT2D eigenvalue weighted by Gasteiger charge is -2.26. The van der Waals surface area contributed by atoms with Gasteiger partial charge in [-0.25, -0.2) is 0 Å². The maximum absolute atomic E-state index is 13.2. The van der Waals surface area contributed by atoms with Gasteiger partial charge in [-0.05, 0) is 68.1 Å². The zero-order valence-electron chi connectivity index (χ0n) is 20.1. The third kappa shape index (κ3) is 6.36. The van der Waals surface area contributed by atoms with E-state index in [4.69, 9.17) is 4.74 Å². The first kappa shape index (κ1) is 24.2. The molecule has 2 aromatic carbocycles. The van der Waals surface area contributed by atoms with Crippen LogP contribution in [0.15, 0.2) is 42.5 Å². The van der Waals surface area contributed by atoms with Crippen LogP contribution in [0.25, 0.3) is 0 Å². The molecule has 0 saturated carbocycles. The van der Waals surface area contributed by atoms with Crippen molar-refractivity contribution >= 4 is 23.2 Å². The Morgan fingerprint density at radius 3 is 2.38 bits per heavy atom. The molecule has 2 saturated heterocycles. The number of ether oxygens (including phenoxy) is 1. The standard InChI is InChI=1S/C27H36N4O3/c1-2-21-6-8-22(9-7-21)26(32)29-23-10-11-25(31-14-3-4-15-31)24(20-23)27(33)28-12-5-13-30-16-18-34-19-17-30/h6-11,20H,2-5,12-19H2,1H3,(H,28,33)(H,29,32). The highest BCUT2D eigenvalue weighted by atomic mass is 16.5. The highest BCUT2D eigenvalue weighted by Crippen LogP contribution is 2.28. The smallest absolute Gasteiger partial charge is 0.255 e. The second-order valence-electron chi connectivity index (χ2n) is 8.99. The van der Waals surface area contributed by atoms with Gasteiger partial charge < -0.3 is 20.3 Å². The Morgan fingerprint density at radius 1 is 0.941 bits per heavy atom. The number of nitrogens with one attached hydrogen (secondary N) is 2. The molecule has 0 aliphatic carbocycles. The van der Waals surface area contributed by atoms with E-state index in [-0.39, 0.29) is 11.8 Å². The van der Waals surface area contributed by atoms with Crippen molar-refractivity contribution in [2.45, 2.75) is 32.6 Å². The molecule has 2 N–H and O–H groups in total. The number of aryl methyl sites for hydroxylation is 1. The van der Waals surface area contributed by atoms with Gasteiger partial charge in [0.25, 0.3) is 11.8 Å². The van der Waals surface area contributed by atoms with Gasteiger partial charge in [-0.15, -0.1) is 0 Å². The van der Waals surface area contributed by atoms with Crippen molar-refractivity contribution in [2.24, 2.45) is 0 Å². The molecule has 182 valence electrons. The van der Waals surface area contributed by atoms with Crippen molar-refractivity contribution in [2.75, 3.05) is 62.7 Å². The number of anilines is 2. The predicted molar refractivity (Wildman–Crippen MR) is 136 cm³/mol. The quantitative estimate of drug-likeness (QED) is 0.555. The second-order valence-corrected chi connectivity index (χ2v) is 8.99. The molecule has 2 amide bonds. The number of carbonyl (C=O) groups excluding carboxylic acids is 2. The Kier molecular flexibility index (Phi) is 8.55. The van der Waals surface area contributed by atoms with Crippen molar-refractivity contribution in [3.63, 3.8) is 0 Å². The molecule has 0 atom stereocenters. The normalized spacial score (nSPS) is 16.4. The van der Waals surface area contributed by atoms with E-state index in [0.717, 1.165) is 77.3 Å². The lowest BCUT2D eigenvalue weighted by molar-refractivity contribution is 0.0374. The number of benzene rings is 2. The highest BCUT2D eigenvalue weighted by Gasteiger charge is 2.21. The molecule has 7 heteroatoms. The van der Waals surface area contributed by atoms with Gasteiger partial charge in [0.15, 0.2) is 0 Å². The van der Waals surface area contributed by atoms with Crippen molar-refractivity contribution in [3.05, 3.63) is 59.2 Å². The molecule has 7 nitrogen and oxygen atoms in total. The molecular formula is C27H36N4O3. The van der Waals surface area contributed by atoms with Gasteiger partial charge in [0.2, 0.25) is 0 Å². The minimum absolute atomic E-state index is 0.0905. The summed E-state index contributed by atoms with van der Waals surface area (Å²) >= 11 is 0. The maximum Gasteiger partial charge on any atom is 0.255 e. The molecule has 2 heterocycles. The van der Waals surface area contributed by atoms with E-state index in [9.17, 15) is 9.59 Å². The number of carbonyl (C=O) groups is 2. The molecule has 0 unspecified atom stereocenters. The van der Waals surface area contributed by atoms with Crippen LogP contribution in [-0.2, 0) is 11.2 Å². The number of nitrogens with zero attached hydrogens (tertiary/aromatic N) is 2. The fraction of sp³-hybridized carbons (Fsp3) is 0.481. The Morgan fingerprint density at radius 2 is 1.68 bits per heavy atom. The average molecular weight is 465 g/mol. The zero-order chi connectivity index (χ0) is 23.8. The molecule has 2 fully saturated rings. The van der Waals surface area contributed by atoms with E-state index in [1.807, 2.05) is 42.5 Å². The molecule has 0 bridgehead atoms. The molecule has 2 aliphatic heterocycles. The molecule has 2 aromatic rings. The first-order valence-electron chi connectivity index (χ1n) is 12.5. The van der Waals surface area contributed by atoms with Gasteiger partial charge in [-0.2, -0.15) is 0 Å². The first-order chi connectivity index (χ1) is 16.6. The van der Waals surface area contributed by atoms with Crippen LogP contribution >= 0.6 is 0 Å². The van der Waals surface area contributed by atoms with Gasteiger partial charge in [0.05, 0.1) is 18.8 Å². The number of hydrogen-bond donors (Lipinski definition) is 2. The van der Waals surface area contributed by atoms with E-state index < -0.39 is 0 Å². The Bertz CT molecular complexity index is 964. The summed E-state index contributed by atoms with van der Waals surface area (Å²) in [5.41, 5.74) is 3.99. The minimum atomic E-state index is -0.173. The Balaban J connectivity index is 1.42. The lowest BCUT2D eigenvalue weighted by atomic mass is 10.1. The minimum Gasteiger partial charge on any atom is -0.379 e. The third-order valence-corrected chi connectivity index (χ3v) is 6.61. The van der Waals surface area contributed by atoms with E-state index in [1.165, 1.54) is 5.56 Å². The van der Waals surface area contributed by atoms with Crippen molar-refractivity contribution in [3.8, 4) is 0 Å². The van der Waals surface area contributed by atoms with Crippen LogP contribution in [0.3, 0.4) is 0 Å². The Hall–Kier alpha value is -2.90. The van der Waals surface area contributed by atoms with Crippen molar-refractivity contribution in [1.82, 2.24) is 10.2 Å². The average Bonchev–Trinajstić information content (AvgIpc) is 3.42. The lowest BCUT2D eigenvalue weighted by Crippen LogP contribution is -2.38. The highest BCUT2D eigenvalue weighted by molar-refractivity contribution is 6.06. The largest absolute Gasteiger partial charge is 0.379 e. The predicted octanol–water partition coefficient (Wildman–Crippen LogP) is 3.55. The van der Waals surface area contributed by atoms with Crippen LogP contribution in [0.2, 0.25) is 0 Å². The summed E-state index contributed by atoms with van der Waals surface area (Å²) in [6.45, 7) is 9.04. The molecule has 0 radical (unpaired) electrons. The van der Waals surface area contributed by atoms with Gasteiger partial charge in [-0.3, -0.25) is 14.5 Å². The van der Waals surface area contributed by atoms with E-state index in [1.54, 1.807) is 0 Å². The SMILES string of the molecule is CCc1ccc(C(=O)Nc2ccc(N3CCCC3)c(C(=O)NCCCN3CCOCC3)c2)cc1. The van der Waals surface area contributed by atoms with E-state index in [0.29, 0.717) is 23.4 Å².